The Hall–Kier alpha value is -2.10. The van der Waals surface area contributed by atoms with Gasteiger partial charge in [-0.2, -0.15) is 70.2 Å². The lowest BCUT2D eigenvalue weighted by Crippen LogP contribution is -2.52. The summed E-state index contributed by atoms with van der Waals surface area (Å²) in [5.41, 5.74) is 0. The van der Waals surface area contributed by atoms with Gasteiger partial charge < -0.3 is 4.74 Å². The van der Waals surface area contributed by atoms with Crippen molar-refractivity contribution in [1.82, 2.24) is 0 Å². The van der Waals surface area contributed by atoms with E-state index < -0.39 is 59.5 Å². The Bertz CT molecular complexity index is 661. The summed E-state index contributed by atoms with van der Waals surface area (Å²) in [6.45, 7) is 0. The van der Waals surface area contributed by atoms with Crippen LogP contribution in [0.2, 0.25) is 0 Å². The minimum atomic E-state index is -7.35. The highest BCUT2D eigenvalue weighted by Crippen LogP contribution is 2.51. The van der Waals surface area contributed by atoms with Crippen LogP contribution in [-0.2, 0) is 4.74 Å². The van der Waals surface area contributed by atoms with Crippen molar-refractivity contribution in [3.05, 3.63) is 35.6 Å². The van der Waals surface area contributed by atoms with Crippen molar-refractivity contribution in [2.24, 2.45) is 0 Å². The smallest absolute Gasteiger partial charge is 0.400 e. The van der Waals surface area contributed by atoms with Gasteiger partial charge in [0.05, 0.1) is 0 Å². The normalized spacial score (nSPS) is 15.9. The minimum Gasteiger partial charge on any atom is -0.400 e. The van der Waals surface area contributed by atoms with Crippen LogP contribution in [0.25, 0.3) is 0 Å². The van der Waals surface area contributed by atoms with E-state index in [-0.39, 0.29) is 0 Å². The van der Waals surface area contributed by atoms with Gasteiger partial charge in [-0.25, -0.2) is 0 Å². The Balaban J connectivity index is 6.08. The Kier molecular flexibility index (Phi) is 6.91. The van der Waals surface area contributed by atoms with Crippen LogP contribution >= 0.6 is 0 Å². The molecule has 158 valence electrons. The highest BCUT2D eigenvalue weighted by molar-refractivity contribution is 5.22. The molecule has 0 fully saturated rings. The van der Waals surface area contributed by atoms with Crippen molar-refractivity contribution >= 4 is 0 Å². The minimum absolute atomic E-state index is 2.27. The van der Waals surface area contributed by atoms with Crippen LogP contribution in [-0.4, -0.2) is 23.9 Å². The average Bonchev–Trinajstić information content (AvgIpc) is 2.50. The van der Waals surface area contributed by atoms with Gasteiger partial charge in [0.15, 0.2) is 0 Å². The maximum absolute atomic E-state index is 12.8. The Morgan fingerprint density at radius 3 is 1.22 bits per heavy atom. The van der Waals surface area contributed by atoms with Gasteiger partial charge in [0.1, 0.15) is 0 Å². The van der Waals surface area contributed by atoms with E-state index in [1.54, 1.807) is 0 Å². The van der Waals surface area contributed by atoms with Crippen molar-refractivity contribution in [1.29, 1.82) is 0 Å². The molecule has 0 aromatic carbocycles. The van der Waals surface area contributed by atoms with Gasteiger partial charge in [-0.05, 0) is 0 Å². The molecular weight excluding hydrogens is 440 g/mol. The number of allylic oxidation sites excluding steroid dienone is 3. The fourth-order valence-electron chi connectivity index (χ4n) is 0.946. The summed E-state index contributed by atoms with van der Waals surface area (Å²) >= 11 is 0. The molecule has 0 bridgehead atoms. The molecule has 0 saturated heterocycles. The van der Waals surface area contributed by atoms with Crippen molar-refractivity contribution in [3.8, 4) is 0 Å². The van der Waals surface area contributed by atoms with Crippen molar-refractivity contribution in [3.63, 3.8) is 0 Å². The van der Waals surface area contributed by atoms with Gasteiger partial charge >= 0.3 is 42.1 Å². The van der Waals surface area contributed by atoms with Crippen LogP contribution in [0.1, 0.15) is 0 Å². The van der Waals surface area contributed by atoms with Crippen LogP contribution in [0, 0.1) is 0 Å². The molecule has 0 N–H and O–H groups in total. The van der Waals surface area contributed by atoms with Gasteiger partial charge in [0.2, 0.25) is 17.5 Å². The molecule has 0 rings (SSSR count). The predicted molar refractivity (Wildman–Crippen MR) is 50.8 cm³/mol. The van der Waals surface area contributed by atoms with E-state index in [0.717, 1.165) is 0 Å². The molecule has 0 heterocycles. The number of halogens is 16. The molecule has 0 amide bonds. The zero-order chi connectivity index (χ0) is 22.2. The topological polar surface area (TPSA) is 9.23 Å². The summed E-state index contributed by atoms with van der Waals surface area (Å²) in [6, 6.07) is -8.08. The van der Waals surface area contributed by atoms with Gasteiger partial charge in [-0.15, -0.1) is 0 Å². The largest absolute Gasteiger partial charge is 0.460 e. The van der Waals surface area contributed by atoms with Crippen LogP contribution in [0.4, 0.5) is 70.2 Å². The standard InChI is InChI=1S/C10F16O/c11-1(4(14)15)7(18,19)2(12)5(16)27-6(17)3(13)8(20,21)9(22,23)10(24,25)26. The molecule has 0 aliphatic heterocycles. The first kappa shape index (κ1) is 24.9. The maximum Gasteiger partial charge on any atom is 0.460 e. The highest BCUT2D eigenvalue weighted by atomic mass is 19.4. The zero-order valence-electron chi connectivity index (χ0n) is 11.5. The quantitative estimate of drug-likeness (QED) is 0.328. The third-order valence-electron chi connectivity index (χ3n) is 2.27. The first-order chi connectivity index (χ1) is 11.7. The molecule has 1 nitrogen and oxygen atoms in total. The molecule has 0 unspecified atom stereocenters. The summed E-state index contributed by atoms with van der Waals surface area (Å²) in [7, 11) is 0. The number of hydrogen-bond donors (Lipinski definition) is 0. The van der Waals surface area contributed by atoms with Gasteiger partial charge in [-0.3, -0.25) is 0 Å². The summed E-state index contributed by atoms with van der Waals surface area (Å²) < 4.78 is 199. The summed E-state index contributed by atoms with van der Waals surface area (Å²) in [4.78, 5) is 0. The van der Waals surface area contributed by atoms with Crippen LogP contribution in [0.5, 0.6) is 0 Å². The SMILES string of the molecule is FC(F)=C(F)C(F)(F)C(F)=C(F)OC(F)=C(F)C(F)(F)C(F)(F)C(F)(F)F. The number of rotatable bonds is 6. The third-order valence-corrected chi connectivity index (χ3v) is 2.27. The van der Waals surface area contributed by atoms with Crippen molar-refractivity contribution in [2.45, 2.75) is 23.9 Å². The van der Waals surface area contributed by atoms with Crippen LogP contribution in [0.3, 0.4) is 0 Å². The maximum atomic E-state index is 12.8. The molecular formula is C10F16O. The van der Waals surface area contributed by atoms with Crippen LogP contribution in [0.15, 0.2) is 35.6 Å². The van der Waals surface area contributed by atoms with Gasteiger partial charge in [-0.1, -0.05) is 0 Å². The summed E-state index contributed by atoms with van der Waals surface area (Å²) in [5, 5.41) is 0. The molecule has 0 radical (unpaired) electrons. The van der Waals surface area contributed by atoms with E-state index in [1.807, 2.05) is 0 Å². The fraction of sp³-hybridized carbons (Fsp3) is 0.400. The molecule has 0 aromatic rings. The molecule has 27 heavy (non-hydrogen) atoms. The van der Waals surface area contributed by atoms with Crippen molar-refractivity contribution in [2.75, 3.05) is 0 Å². The second-order valence-electron chi connectivity index (χ2n) is 4.07. The van der Waals surface area contributed by atoms with E-state index in [4.69, 9.17) is 0 Å². The van der Waals surface area contributed by atoms with Gasteiger partial charge in [0.25, 0.3) is 0 Å². The predicted octanol–water partition coefficient (Wildman–Crippen LogP) is 6.77. The zero-order valence-corrected chi connectivity index (χ0v) is 11.5. The number of hydrogen-bond acceptors (Lipinski definition) is 1. The molecule has 17 heteroatoms. The summed E-state index contributed by atoms with van der Waals surface area (Å²) in [6.07, 6.45) is -11.2. The Morgan fingerprint density at radius 1 is 0.519 bits per heavy atom. The van der Waals surface area contributed by atoms with E-state index in [0.29, 0.717) is 0 Å². The molecule has 0 spiro atoms. The molecule has 0 atom stereocenters. The Morgan fingerprint density at radius 2 is 0.889 bits per heavy atom. The van der Waals surface area contributed by atoms with Crippen LogP contribution < -0.4 is 0 Å². The van der Waals surface area contributed by atoms with E-state index in [1.165, 1.54) is 0 Å². The summed E-state index contributed by atoms with van der Waals surface area (Å²) in [5.74, 6) is -33.4. The molecule has 0 aliphatic rings. The Labute approximate surface area is 136 Å². The van der Waals surface area contributed by atoms with E-state index >= 15 is 0 Å². The lowest BCUT2D eigenvalue weighted by atomic mass is 10.1. The lowest BCUT2D eigenvalue weighted by Gasteiger charge is -2.26. The molecule has 0 saturated carbocycles. The van der Waals surface area contributed by atoms with Gasteiger partial charge in [0, 0.05) is 0 Å². The van der Waals surface area contributed by atoms with Crippen molar-refractivity contribution < 1.29 is 75.0 Å². The number of ether oxygens (including phenoxy) is 1. The average molecular weight is 440 g/mol. The molecule has 0 aliphatic carbocycles. The number of alkyl halides is 9. The molecule has 0 aromatic heterocycles. The first-order valence-electron chi connectivity index (χ1n) is 5.43. The second kappa shape index (κ2) is 7.49. The third kappa shape index (κ3) is 4.60. The fourth-order valence-corrected chi connectivity index (χ4v) is 0.946. The first-order valence-corrected chi connectivity index (χ1v) is 5.43. The monoisotopic (exact) mass is 440 g/mol. The highest BCUT2D eigenvalue weighted by Gasteiger charge is 2.76. The second-order valence-corrected chi connectivity index (χ2v) is 4.07. The van der Waals surface area contributed by atoms with E-state index in [2.05, 4.69) is 4.74 Å². The van der Waals surface area contributed by atoms with E-state index in [9.17, 15) is 70.2 Å². The lowest BCUT2D eigenvalue weighted by molar-refractivity contribution is -0.348.